The van der Waals surface area contributed by atoms with Gasteiger partial charge in [-0.05, 0) is 6.42 Å². The average Bonchev–Trinajstić information content (AvgIpc) is 2.82. The van der Waals surface area contributed by atoms with E-state index in [0.29, 0.717) is 12.3 Å². The molecular weight excluding hydrogens is 316 g/mol. The standard InChI is InChI=1S/C16H20N2O6/c1-5-6-17-11(19)8-18-9-7-10(22-2)14(23-3)15(24-4)12(9)13(20)16(18)21/h7H,5-6,8H2,1-4H3,(H,17,19). The third kappa shape index (κ3) is 2.86. The zero-order valence-corrected chi connectivity index (χ0v) is 14.1. The van der Waals surface area contributed by atoms with E-state index in [1.165, 1.54) is 27.4 Å². The van der Waals surface area contributed by atoms with E-state index >= 15 is 0 Å². The number of hydrogen-bond acceptors (Lipinski definition) is 6. The van der Waals surface area contributed by atoms with Crippen molar-refractivity contribution in [3.8, 4) is 17.2 Å². The molecule has 0 radical (unpaired) electrons. The molecule has 130 valence electrons. The summed E-state index contributed by atoms with van der Waals surface area (Å²) in [6.07, 6.45) is 0.772. The quantitative estimate of drug-likeness (QED) is 0.739. The second-order valence-electron chi connectivity index (χ2n) is 5.11. The van der Waals surface area contributed by atoms with Crippen LogP contribution >= 0.6 is 0 Å². The number of carbonyl (C=O) groups is 3. The van der Waals surface area contributed by atoms with Crippen LogP contribution in [0.4, 0.5) is 5.69 Å². The zero-order valence-electron chi connectivity index (χ0n) is 14.1. The molecule has 0 atom stereocenters. The number of Topliss-reactive ketones (excluding diaryl/α,β-unsaturated/α-hetero) is 1. The van der Waals surface area contributed by atoms with Crippen molar-refractivity contribution in [1.29, 1.82) is 0 Å². The number of fused-ring (bicyclic) bond motifs is 1. The smallest absolute Gasteiger partial charge is 0.300 e. The molecule has 0 bridgehead atoms. The van der Waals surface area contributed by atoms with Crippen molar-refractivity contribution >= 4 is 23.3 Å². The van der Waals surface area contributed by atoms with E-state index in [9.17, 15) is 14.4 Å². The monoisotopic (exact) mass is 336 g/mol. The lowest BCUT2D eigenvalue weighted by Crippen LogP contribution is -2.40. The maximum Gasteiger partial charge on any atom is 0.300 e. The van der Waals surface area contributed by atoms with E-state index in [0.717, 1.165) is 11.3 Å². The highest BCUT2D eigenvalue weighted by Crippen LogP contribution is 2.47. The topological polar surface area (TPSA) is 94.2 Å². The third-order valence-electron chi connectivity index (χ3n) is 3.64. The molecule has 1 heterocycles. The van der Waals surface area contributed by atoms with Crippen molar-refractivity contribution < 1.29 is 28.6 Å². The van der Waals surface area contributed by atoms with Gasteiger partial charge in [0.2, 0.25) is 11.7 Å². The Balaban J connectivity index is 2.49. The van der Waals surface area contributed by atoms with Gasteiger partial charge in [0.05, 0.1) is 32.6 Å². The van der Waals surface area contributed by atoms with Crippen LogP contribution in [-0.2, 0) is 9.59 Å². The van der Waals surface area contributed by atoms with Crippen LogP contribution in [0.3, 0.4) is 0 Å². The minimum Gasteiger partial charge on any atom is -0.493 e. The summed E-state index contributed by atoms with van der Waals surface area (Å²) in [6, 6.07) is 1.49. The van der Waals surface area contributed by atoms with Gasteiger partial charge in [0.1, 0.15) is 6.54 Å². The molecular formula is C16H20N2O6. The maximum atomic E-state index is 12.4. The summed E-state index contributed by atoms with van der Waals surface area (Å²) in [5.41, 5.74) is 0.342. The first-order valence-electron chi connectivity index (χ1n) is 7.45. The summed E-state index contributed by atoms with van der Waals surface area (Å²) in [4.78, 5) is 37.7. The van der Waals surface area contributed by atoms with Gasteiger partial charge in [0.15, 0.2) is 11.5 Å². The van der Waals surface area contributed by atoms with Crippen molar-refractivity contribution in [2.75, 3.05) is 39.3 Å². The fraction of sp³-hybridized carbons (Fsp3) is 0.438. The molecule has 1 aliphatic rings. The van der Waals surface area contributed by atoms with Crippen LogP contribution in [0.5, 0.6) is 17.2 Å². The van der Waals surface area contributed by atoms with Gasteiger partial charge in [-0.1, -0.05) is 6.92 Å². The van der Waals surface area contributed by atoms with E-state index in [-0.39, 0.29) is 35.2 Å². The summed E-state index contributed by atoms with van der Waals surface area (Å²) in [7, 11) is 4.20. The number of ketones is 1. The number of rotatable bonds is 7. The lowest BCUT2D eigenvalue weighted by molar-refractivity contribution is -0.122. The fourth-order valence-corrected chi connectivity index (χ4v) is 2.54. The fourth-order valence-electron chi connectivity index (χ4n) is 2.54. The number of amides is 2. The van der Waals surface area contributed by atoms with E-state index in [1.54, 1.807) is 0 Å². The Labute approximate surface area is 139 Å². The third-order valence-corrected chi connectivity index (χ3v) is 3.64. The van der Waals surface area contributed by atoms with Crippen LogP contribution in [-0.4, -0.2) is 52.0 Å². The average molecular weight is 336 g/mol. The molecule has 2 amide bonds. The molecule has 1 aromatic carbocycles. The lowest BCUT2D eigenvalue weighted by atomic mass is 10.1. The summed E-state index contributed by atoms with van der Waals surface area (Å²) >= 11 is 0. The minimum absolute atomic E-state index is 0.0726. The Kier molecular flexibility index (Phi) is 5.28. The Bertz CT molecular complexity index is 686. The molecule has 8 heteroatoms. The SMILES string of the molecule is CCCNC(=O)CN1C(=O)C(=O)c2c1cc(OC)c(OC)c2OC. The summed E-state index contributed by atoms with van der Waals surface area (Å²) in [5, 5.41) is 2.67. The normalized spacial score (nSPS) is 12.9. The second-order valence-corrected chi connectivity index (χ2v) is 5.11. The van der Waals surface area contributed by atoms with E-state index in [2.05, 4.69) is 5.32 Å². The summed E-state index contributed by atoms with van der Waals surface area (Å²) in [5.74, 6) is -1.25. The van der Waals surface area contributed by atoms with Crippen LogP contribution in [0.1, 0.15) is 23.7 Å². The first-order chi connectivity index (χ1) is 11.5. The van der Waals surface area contributed by atoms with Crippen LogP contribution in [0.2, 0.25) is 0 Å². The number of carbonyl (C=O) groups excluding carboxylic acids is 3. The van der Waals surface area contributed by atoms with Crippen molar-refractivity contribution in [3.63, 3.8) is 0 Å². The van der Waals surface area contributed by atoms with Crippen molar-refractivity contribution in [3.05, 3.63) is 11.6 Å². The Morgan fingerprint density at radius 1 is 1.12 bits per heavy atom. The van der Waals surface area contributed by atoms with Crippen molar-refractivity contribution in [2.24, 2.45) is 0 Å². The van der Waals surface area contributed by atoms with Crippen LogP contribution in [0, 0.1) is 0 Å². The molecule has 0 unspecified atom stereocenters. The second kappa shape index (κ2) is 7.20. The Hall–Kier alpha value is -2.77. The van der Waals surface area contributed by atoms with Gasteiger partial charge in [-0.25, -0.2) is 0 Å². The van der Waals surface area contributed by atoms with Gasteiger partial charge >= 0.3 is 0 Å². The first kappa shape index (κ1) is 17.6. The molecule has 8 nitrogen and oxygen atoms in total. The van der Waals surface area contributed by atoms with Gasteiger partial charge in [-0.15, -0.1) is 0 Å². The van der Waals surface area contributed by atoms with E-state index in [4.69, 9.17) is 14.2 Å². The van der Waals surface area contributed by atoms with Gasteiger partial charge < -0.3 is 19.5 Å². The zero-order chi connectivity index (χ0) is 17.9. The predicted octanol–water partition coefficient (Wildman–Crippen LogP) is 0.768. The number of ether oxygens (including phenoxy) is 3. The van der Waals surface area contributed by atoms with Crippen LogP contribution in [0.15, 0.2) is 6.07 Å². The van der Waals surface area contributed by atoms with Gasteiger partial charge in [0.25, 0.3) is 11.7 Å². The first-order valence-corrected chi connectivity index (χ1v) is 7.45. The van der Waals surface area contributed by atoms with Gasteiger partial charge in [0, 0.05) is 12.6 Å². The highest BCUT2D eigenvalue weighted by molar-refractivity contribution is 6.53. The molecule has 0 saturated heterocycles. The minimum atomic E-state index is -0.787. The molecule has 24 heavy (non-hydrogen) atoms. The number of anilines is 1. The highest BCUT2D eigenvalue weighted by Gasteiger charge is 2.41. The molecule has 1 aromatic rings. The van der Waals surface area contributed by atoms with Crippen molar-refractivity contribution in [2.45, 2.75) is 13.3 Å². The summed E-state index contributed by atoms with van der Waals surface area (Å²) < 4.78 is 15.7. The summed E-state index contributed by atoms with van der Waals surface area (Å²) in [6.45, 7) is 2.16. The number of nitrogens with one attached hydrogen (secondary N) is 1. The molecule has 0 spiro atoms. The molecule has 1 N–H and O–H groups in total. The number of hydrogen-bond donors (Lipinski definition) is 1. The van der Waals surface area contributed by atoms with Gasteiger partial charge in [-0.3, -0.25) is 19.3 Å². The molecule has 0 fully saturated rings. The molecule has 0 saturated carbocycles. The molecule has 0 aliphatic carbocycles. The van der Waals surface area contributed by atoms with Crippen LogP contribution < -0.4 is 24.4 Å². The van der Waals surface area contributed by atoms with E-state index in [1.807, 2.05) is 6.92 Å². The predicted molar refractivity (Wildman–Crippen MR) is 86.1 cm³/mol. The number of methoxy groups -OCH3 is 3. The Morgan fingerprint density at radius 3 is 2.33 bits per heavy atom. The van der Waals surface area contributed by atoms with E-state index < -0.39 is 11.7 Å². The molecule has 2 rings (SSSR count). The lowest BCUT2D eigenvalue weighted by Gasteiger charge is -2.19. The molecule has 1 aliphatic heterocycles. The maximum absolute atomic E-state index is 12.4. The Morgan fingerprint density at radius 2 is 1.79 bits per heavy atom. The highest BCUT2D eigenvalue weighted by atomic mass is 16.5. The number of benzene rings is 1. The largest absolute Gasteiger partial charge is 0.493 e. The molecule has 0 aromatic heterocycles. The van der Waals surface area contributed by atoms with Gasteiger partial charge in [-0.2, -0.15) is 0 Å². The number of nitrogens with zero attached hydrogens (tertiary/aromatic N) is 1. The van der Waals surface area contributed by atoms with Crippen molar-refractivity contribution in [1.82, 2.24) is 5.32 Å². The van der Waals surface area contributed by atoms with Crippen LogP contribution in [0.25, 0.3) is 0 Å².